The van der Waals surface area contributed by atoms with Crippen LogP contribution in [0.4, 0.5) is 0 Å². The molecule has 0 aliphatic carbocycles. The fourth-order valence-electron chi connectivity index (χ4n) is 1.58. The molecule has 19 heavy (non-hydrogen) atoms. The predicted octanol–water partition coefficient (Wildman–Crippen LogP) is 1.27. The molecule has 0 radical (unpaired) electrons. The minimum atomic E-state index is -1.50. The Morgan fingerprint density at radius 1 is 1.32 bits per heavy atom. The zero-order chi connectivity index (χ0) is 13.9. The van der Waals surface area contributed by atoms with E-state index in [4.69, 9.17) is 0 Å². The molecular formula is C12H11N3O3S. The third-order valence-electron chi connectivity index (χ3n) is 2.73. The molecule has 0 aliphatic heterocycles. The molecule has 1 unspecified atom stereocenters. The molecule has 6 nitrogen and oxygen atoms in total. The number of aliphatic carboxylic acids is 1. The highest BCUT2D eigenvalue weighted by Gasteiger charge is 2.37. The summed E-state index contributed by atoms with van der Waals surface area (Å²) in [4.78, 5) is 23.7. The number of aromatic nitrogens is 2. The second-order valence-electron chi connectivity index (χ2n) is 4.03. The van der Waals surface area contributed by atoms with Crippen LogP contribution in [0.5, 0.6) is 0 Å². The second kappa shape index (κ2) is 5.15. The van der Waals surface area contributed by atoms with E-state index in [9.17, 15) is 14.7 Å². The van der Waals surface area contributed by atoms with Gasteiger partial charge in [-0.3, -0.25) is 4.79 Å². The Morgan fingerprint density at radius 3 is 2.53 bits per heavy atom. The Bertz CT molecular complexity index is 586. The lowest BCUT2D eigenvalue weighted by Crippen LogP contribution is -2.49. The standard InChI is InChI=1S/C12H11N3O3S/c1-12(11(17)18,8-5-3-2-4-6-8)14-10(16)9-7-13-15-19-9/h2-7H,1H3,(H,14,16)(H,17,18). The first kappa shape index (κ1) is 13.2. The van der Waals surface area contributed by atoms with Gasteiger partial charge in [-0.15, -0.1) is 5.10 Å². The summed E-state index contributed by atoms with van der Waals surface area (Å²) in [5.74, 6) is -1.65. The van der Waals surface area contributed by atoms with Gasteiger partial charge in [0.1, 0.15) is 4.88 Å². The van der Waals surface area contributed by atoms with Gasteiger partial charge in [-0.25, -0.2) is 4.79 Å². The maximum atomic E-state index is 12.0. The van der Waals surface area contributed by atoms with Crippen molar-refractivity contribution in [3.63, 3.8) is 0 Å². The van der Waals surface area contributed by atoms with Gasteiger partial charge < -0.3 is 10.4 Å². The van der Waals surface area contributed by atoms with Crippen molar-refractivity contribution in [1.82, 2.24) is 14.9 Å². The van der Waals surface area contributed by atoms with Gasteiger partial charge in [-0.05, 0) is 24.0 Å². The summed E-state index contributed by atoms with van der Waals surface area (Å²) in [6.45, 7) is 1.44. The van der Waals surface area contributed by atoms with E-state index in [1.54, 1.807) is 30.3 Å². The number of amides is 1. The first-order chi connectivity index (χ1) is 9.04. The molecule has 1 amide bonds. The van der Waals surface area contributed by atoms with Gasteiger partial charge in [0.2, 0.25) is 0 Å². The van der Waals surface area contributed by atoms with Crippen LogP contribution in [0.1, 0.15) is 22.2 Å². The van der Waals surface area contributed by atoms with Gasteiger partial charge in [-0.2, -0.15) is 0 Å². The highest BCUT2D eigenvalue weighted by molar-refractivity contribution is 7.07. The van der Waals surface area contributed by atoms with Crippen molar-refractivity contribution in [2.24, 2.45) is 0 Å². The largest absolute Gasteiger partial charge is 0.479 e. The second-order valence-corrected chi connectivity index (χ2v) is 4.82. The summed E-state index contributed by atoms with van der Waals surface area (Å²) in [6, 6.07) is 8.52. The zero-order valence-electron chi connectivity index (χ0n) is 10.0. The molecule has 1 heterocycles. The van der Waals surface area contributed by atoms with E-state index in [0.29, 0.717) is 5.56 Å². The Morgan fingerprint density at radius 2 is 2.00 bits per heavy atom. The molecule has 98 valence electrons. The van der Waals surface area contributed by atoms with Crippen molar-refractivity contribution in [1.29, 1.82) is 0 Å². The number of carbonyl (C=O) groups excluding carboxylic acids is 1. The monoisotopic (exact) mass is 277 g/mol. The van der Waals surface area contributed by atoms with Crippen LogP contribution in [0.25, 0.3) is 0 Å². The quantitative estimate of drug-likeness (QED) is 0.878. The van der Waals surface area contributed by atoms with Gasteiger partial charge in [0, 0.05) is 0 Å². The molecule has 1 aromatic carbocycles. The Hall–Kier alpha value is -2.28. The van der Waals surface area contributed by atoms with E-state index in [-0.39, 0.29) is 4.88 Å². The number of carboxylic acids is 1. The average molecular weight is 277 g/mol. The molecule has 0 spiro atoms. The molecule has 0 aliphatic rings. The molecule has 2 aromatic rings. The Balaban J connectivity index is 2.31. The molecule has 1 aromatic heterocycles. The van der Waals surface area contributed by atoms with Crippen molar-refractivity contribution in [3.05, 3.63) is 47.0 Å². The Labute approximate surface area is 113 Å². The SMILES string of the molecule is CC(NC(=O)c1cnns1)(C(=O)O)c1ccccc1. The number of nitrogens with zero attached hydrogens (tertiary/aromatic N) is 2. The fraction of sp³-hybridized carbons (Fsp3) is 0.167. The molecule has 2 rings (SSSR count). The van der Waals surface area contributed by atoms with E-state index >= 15 is 0 Å². The lowest BCUT2D eigenvalue weighted by atomic mass is 9.92. The topological polar surface area (TPSA) is 92.2 Å². The van der Waals surface area contributed by atoms with Gasteiger partial charge in [0.25, 0.3) is 5.91 Å². The summed E-state index contributed by atoms with van der Waals surface area (Å²) < 4.78 is 3.57. The minimum Gasteiger partial charge on any atom is -0.479 e. The summed E-state index contributed by atoms with van der Waals surface area (Å²) in [5.41, 5.74) is -1.00. The number of nitrogens with one attached hydrogen (secondary N) is 1. The first-order valence-corrected chi connectivity index (χ1v) is 6.20. The van der Waals surface area contributed by atoms with Gasteiger partial charge >= 0.3 is 5.97 Å². The highest BCUT2D eigenvalue weighted by atomic mass is 32.1. The molecule has 0 bridgehead atoms. The van der Waals surface area contributed by atoms with Crippen LogP contribution < -0.4 is 5.32 Å². The lowest BCUT2D eigenvalue weighted by Gasteiger charge is -2.26. The van der Waals surface area contributed by atoms with Crippen molar-refractivity contribution < 1.29 is 14.7 Å². The van der Waals surface area contributed by atoms with Crippen LogP contribution >= 0.6 is 11.5 Å². The predicted molar refractivity (Wildman–Crippen MR) is 68.8 cm³/mol. The summed E-state index contributed by atoms with van der Waals surface area (Å²) in [5, 5.41) is 15.4. The summed E-state index contributed by atoms with van der Waals surface area (Å²) >= 11 is 0.913. The number of carbonyl (C=O) groups is 2. The Kier molecular flexibility index (Phi) is 3.57. The number of hydrogen-bond acceptors (Lipinski definition) is 5. The molecule has 1 atom stereocenters. The van der Waals surface area contributed by atoms with E-state index < -0.39 is 17.4 Å². The van der Waals surface area contributed by atoms with E-state index in [2.05, 4.69) is 14.9 Å². The maximum Gasteiger partial charge on any atom is 0.333 e. The van der Waals surface area contributed by atoms with Crippen LogP contribution in [0.2, 0.25) is 0 Å². The molecule has 2 N–H and O–H groups in total. The van der Waals surface area contributed by atoms with E-state index in [1.807, 2.05) is 0 Å². The minimum absolute atomic E-state index is 0.267. The highest BCUT2D eigenvalue weighted by Crippen LogP contribution is 2.21. The molecular weight excluding hydrogens is 266 g/mol. The van der Waals surface area contributed by atoms with Crippen molar-refractivity contribution in [2.45, 2.75) is 12.5 Å². The first-order valence-electron chi connectivity index (χ1n) is 5.43. The van der Waals surface area contributed by atoms with E-state index in [0.717, 1.165) is 11.5 Å². The fourth-order valence-corrected chi connectivity index (χ4v) is 1.99. The normalized spacial score (nSPS) is 13.5. The summed E-state index contributed by atoms with van der Waals surface area (Å²) in [6.07, 6.45) is 1.30. The summed E-state index contributed by atoms with van der Waals surface area (Å²) in [7, 11) is 0. The number of carboxylic acid groups (broad SMARTS) is 1. The smallest absolute Gasteiger partial charge is 0.333 e. The van der Waals surface area contributed by atoms with Crippen molar-refractivity contribution >= 4 is 23.4 Å². The maximum absolute atomic E-state index is 12.0. The average Bonchev–Trinajstić information content (AvgIpc) is 2.93. The number of rotatable bonds is 4. The van der Waals surface area contributed by atoms with Crippen LogP contribution in [-0.2, 0) is 10.3 Å². The van der Waals surface area contributed by atoms with Crippen LogP contribution in [-0.4, -0.2) is 26.6 Å². The van der Waals surface area contributed by atoms with Crippen LogP contribution in [0.15, 0.2) is 36.5 Å². The van der Waals surface area contributed by atoms with Crippen molar-refractivity contribution in [2.75, 3.05) is 0 Å². The number of hydrogen-bond donors (Lipinski definition) is 2. The van der Waals surface area contributed by atoms with Crippen molar-refractivity contribution in [3.8, 4) is 0 Å². The zero-order valence-corrected chi connectivity index (χ0v) is 10.8. The molecule has 0 saturated heterocycles. The molecule has 0 saturated carbocycles. The van der Waals surface area contributed by atoms with Crippen LogP contribution in [0.3, 0.4) is 0 Å². The van der Waals surface area contributed by atoms with Crippen LogP contribution in [0, 0.1) is 0 Å². The van der Waals surface area contributed by atoms with Gasteiger partial charge in [0.15, 0.2) is 5.54 Å². The van der Waals surface area contributed by atoms with Gasteiger partial charge in [-0.1, -0.05) is 34.8 Å². The third-order valence-corrected chi connectivity index (χ3v) is 3.39. The van der Waals surface area contributed by atoms with Gasteiger partial charge in [0.05, 0.1) is 6.20 Å². The number of benzene rings is 1. The molecule has 7 heteroatoms. The molecule has 0 fully saturated rings. The van der Waals surface area contributed by atoms with E-state index in [1.165, 1.54) is 13.1 Å². The third kappa shape index (κ3) is 2.60. The lowest BCUT2D eigenvalue weighted by molar-refractivity contribution is -0.144.